The number of aromatic amines is 1. The molecular weight excluding hydrogens is 427 g/mol. The van der Waals surface area contributed by atoms with Gasteiger partial charge in [-0.05, 0) is 69.2 Å². The van der Waals surface area contributed by atoms with Crippen LogP contribution in [-0.4, -0.2) is 28.5 Å². The number of hydrogen-bond acceptors (Lipinski definition) is 4. The van der Waals surface area contributed by atoms with E-state index in [1.807, 2.05) is 44.0 Å². The summed E-state index contributed by atoms with van der Waals surface area (Å²) in [5, 5.41) is 3.36. The van der Waals surface area contributed by atoms with Crippen LogP contribution in [0, 0.1) is 10.6 Å². The Morgan fingerprint density at radius 2 is 1.94 bits per heavy atom. The van der Waals surface area contributed by atoms with Gasteiger partial charge in [0.2, 0.25) is 5.91 Å². The third-order valence-corrected chi connectivity index (χ3v) is 5.88. The van der Waals surface area contributed by atoms with E-state index in [9.17, 15) is 14.0 Å². The highest BCUT2D eigenvalue weighted by Gasteiger charge is 2.12. The van der Waals surface area contributed by atoms with Crippen LogP contribution in [0.15, 0.2) is 47.3 Å². The third kappa shape index (κ3) is 5.62. The van der Waals surface area contributed by atoms with Gasteiger partial charge >= 0.3 is 0 Å². The Balaban J connectivity index is 1.48. The lowest BCUT2D eigenvalue weighted by atomic mass is 10.1. The second kappa shape index (κ2) is 10.5. The van der Waals surface area contributed by atoms with E-state index in [1.54, 1.807) is 22.8 Å². The molecule has 0 saturated carbocycles. The number of anilines is 2. The number of carbonyl (C=O) groups is 1. The van der Waals surface area contributed by atoms with Gasteiger partial charge in [0.25, 0.3) is 5.56 Å². The highest BCUT2D eigenvalue weighted by Crippen LogP contribution is 2.23. The minimum atomic E-state index is -0.364. The molecule has 0 spiro atoms. The van der Waals surface area contributed by atoms with Crippen LogP contribution in [0.2, 0.25) is 0 Å². The fraction of sp³-hybridized carbons (Fsp3) is 0.375. The number of hydrogen-bond donors (Lipinski definition) is 2. The van der Waals surface area contributed by atoms with Gasteiger partial charge in [-0.15, -0.1) is 0 Å². The first-order chi connectivity index (χ1) is 15.3. The molecule has 0 aliphatic heterocycles. The number of fused-ring (bicyclic) bond motifs is 1. The first kappa shape index (κ1) is 23.7. The molecule has 0 saturated heterocycles. The van der Waals surface area contributed by atoms with E-state index in [4.69, 9.17) is 12.2 Å². The van der Waals surface area contributed by atoms with Gasteiger partial charge in [0.15, 0.2) is 4.77 Å². The van der Waals surface area contributed by atoms with E-state index in [1.165, 1.54) is 6.07 Å². The molecule has 3 rings (SSSR count). The Hall–Kier alpha value is -3.00. The zero-order valence-corrected chi connectivity index (χ0v) is 19.5. The van der Waals surface area contributed by atoms with Crippen molar-refractivity contribution in [1.29, 1.82) is 0 Å². The summed E-state index contributed by atoms with van der Waals surface area (Å²) in [6, 6.07) is 12.2. The van der Waals surface area contributed by atoms with E-state index in [2.05, 4.69) is 10.3 Å². The molecule has 0 aliphatic carbocycles. The van der Waals surface area contributed by atoms with Gasteiger partial charge in [-0.1, -0.05) is 18.6 Å². The standard InChI is InChI=1S/C24H29FN4O2S/c1-16(2)28(3)21-13-12-17(15-19(21)25)26-22(30)11-5-4-8-14-29-23(31)18-9-6-7-10-20(18)27-24(29)32/h6-7,9-10,12-13,15-16H,4-5,8,11,14H2,1-3H3,(H,26,30)(H,27,32). The Kier molecular flexibility index (Phi) is 7.80. The number of nitrogens with zero attached hydrogens (tertiary/aromatic N) is 2. The van der Waals surface area contributed by atoms with Crippen molar-refractivity contribution in [2.24, 2.45) is 0 Å². The van der Waals surface area contributed by atoms with E-state index in [0.29, 0.717) is 40.9 Å². The highest BCUT2D eigenvalue weighted by atomic mass is 32.1. The van der Waals surface area contributed by atoms with Crippen LogP contribution in [0.1, 0.15) is 39.5 Å². The monoisotopic (exact) mass is 456 g/mol. The molecule has 170 valence electrons. The summed E-state index contributed by atoms with van der Waals surface area (Å²) in [7, 11) is 1.83. The number of aromatic nitrogens is 2. The summed E-state index contributed by atoms with van der Waals surface area (Å²) < 4.78 is 16.3. The van der Waals surface area contributed by atoms with E-state index >= 15 is 0 Å². The van der Waals surface area contributed by atoms with Crippen molar-refractivity contribution in [3.05, 3.63) is 63.4 Å². The molecule has 0 unspecified atom stereocenters. The quantitative estimate of drug-likeness (QED) is 0.341. The van der Waals surface area contributed by atoms with Crippen LogP contribution < -0.4 is 15.8 Å². The fourth-order valence-corrected chi connectivity index (χ4v) is 3.79. The maximum atomic E-state index is 14.4. The Morgan fingerprint density at radius 1 is 1.19 bits per heavy atom. The maximum absolute atomic E-state index is 14.4. The molecule has 32 heavy (non-hydrogen) atoms. The molecular formula is C24H29FN4O2S. The van der Waals surface area contributed by atoms with Crippen LogP contribution in [0.3, 0.4) is 0 Å². The number of unbranched alkanes of at least 4 members (excludes halogenated alkanes) is 2. The van der Waals surface area contributed by atoms with Crippen LogP contribution in [0.5, 0.6) is 0 Å². The SMILES string of the molecule is CC(C)N(C)c1ccc(NC(=O)CCCCCn2c(=S)[nH]c3ccccc3c2=O)cc1F. The summed E-state index contributed by atoms with van der Waals surface area (Å²) in [6.07, 6.45) is 2.50. The number of benzene rings is 2. The Labute approximate surface area is 192 Å². The Bertz CT molecular complexity index is 1220. The summed E-state index contributed by atoms with van der Waals surface area (Å²) in [5.74, 6) is -0.522. The fourth-order valence-electron chi connectivity index (χ4n) is 3.51. The molecule has 3 aromatic rings. The zero-order valence-electron chi connectivity index (χ0n) is 18.7. The molecule has 2 aromatic carbocycles. The van der Waals surface area contributed by atoms with E-state index in [-0.39, 0.29) is 23.3 Å². The molecule has 6 nitrogen and oxygen atoms in total. The molecule has 0 atom stereocenters. The molecule has 2 N–H and O–H groups in total. The number of H-pyrrole nitrogens is 1. The molecule has 1 amide bonds. The highest BCUT2D eigenvalue weighted by molar-refractivity contribution is 7.71. The largest absolute Gasteiger partial charge is 0.370 e. The molecule has 8 heteroatoms. The number of halogens is 1. The summed E-state index contributed by atoms with van der Waals surface area (Å²) in [6.45, 7) is 4.47. The number of nitrogens with one attached hydrogen (secondary N) is 2. The van der Waals surface area contributed by atoms with Crippen LogP contribution in [0.25, 0.3) is 10.9 Å². The first-order valence-electron chi connectivity index (χ1n) is 10.8. The van der Waals surface area contributed by atoms with Crippen molar-refractivity contribution in [2.45, 2.75) is 52.1 Å². The first-order valence-corrected chi connectivity index (χ1v) is 11.2. The normalized spacial score (nSPS) is 11.2. The van der Waals surface area contributed by atoms with Crippen molar-refractivity contribution in [1.82, 2.24) is 9.55 Å². The number of para-hydroxylation sites is 1. The average Bonchev–Trinajstić information content (AvgIpc) is 2.75. The molecule has 1 aromatic heterocycles. The maximum Gasteiger partial charge on any atom is 0.262 e. The third-order valence-electron chi connectivity index (χ3n) is 5.56. The van der Waals surface area contributed by atoms with Crippen LogP contribution >= 0.6 is 12.2 Å². The van der Waals surface area contributed by atoms with Crippen LogP contribution in [-0.2, 0) is 11.3 Å². The van der Waals surface area contributed by atoms with Gasteiger partial charge in [0.05, 0.1) is 16.6 Å². The molecule has 0 fully saturated rings. The summed E-state index contributed by atoms with van der Waals surface area (Å²) >= 11 is 5.32. The lowest BCUT2D eigenvalue weighted by Gasteiger charge is -2.24. The average molecular weight is 457 g/mol. The van der Waals surface area contributed by atoms with Crippen molar-refractivity contribution in [2.75, 3.05) is 17.3 Å². The van der Waals surface area contributed by atoms with E-state index in [0.717, 1.165) is 18.4 Å². The van der Waals surface area contributed by atoms with Gasteiger partial charge in [-0.2, -0.15) is 0 Å². The minimum Gasteiger partial charge on any atom is -0.370 e. The predicted octanol–water partition coefficient (Wildman–Crippen LogP) is 5.24. The van der Waals surface area contributed by atoms with Gasteiger partial charge in [-0.25, -0.2) is 4.39 Å². The second-order valence-electron chi connectivity index (χ2n) is 8.16. The summed E-state index contributed by atoms with van der Waals surface area (Å²) in [4.78, 5) is 29.8. The van der Waals surface area contributed by atoms with Gasteiger partial charge < -0.3 is 15.2 Å². The van der Waals surface area contributed by atoms with Gasteiger partial charge in [0, 0.05) is 31.7 Å². The van der Waals surface area contributed by atoms with Crippen molar-refractivity contribution in [3.63, 3.8) is 0 Å². The van der Waals surface area contributed by atoms with Crippen molar-refractivity contribution >= 4 is 40.4 Å². The van der Waals surface area contributed by atoms with E-state index < -0.39 is 0 Å². The molecule has 1 heterocycles. The zero-order chi connectivity index (χ0) is 23.3. The number of carbonyl (C=O) groups excluding carboxylic acids is 1. The second-order valence-corrected chi connectivity index (χ2v) is 8.55. The lowest BCUT2D eigenvalue weighted by molar-refractivity contribution is -0.116. The topological polar surface area (TPSA) is 70.1 Å². The van der Waals surface area contributed by atoms with Crippen LogP contribution in [0.4, 0.5) is 15.8 Å². The molecule has 0 bridgehead atoms. The smallest absolute Gasteiger partial charge is 0.262 e. The van der Waals surface area contributed by atoms with Crippen molar-refractivity contribution < 1.29 is 9.18 Å². The van der Waals surface area contributed by atoms with Gasteiger partial charge in [-0.3, -0.25) is 14.2 Å². The number of rotatable bonds is 9. The Morgan fingerprint density at radius 3 is 2.66 bits per heavy atom. The van der Waals surface area contributed by atoms with Crippen molar-refractivity contribution in [3.8, 4) is 0 Å². The lowest BCUT2D eigenvalue weighted by Crippen LogP contribution is -2.26. The molecule has 0 aliphatic rings. The van der Waals surface area contributed by atoms with Gasteiger partial charge in [0.1, 0.15) is 5.82 Å². The number of amides is 1. The molecule has 0 radical (unpaired) electrons. The predicted molar refractivity (Wildman–Crippen MR) is 130 cm³/mol. The summed E-state index contributed by atoms with van der Waals surface area (Å²) in [5.41, 5.74) is 1.58. The minimum absolute atomic E-state index is 0.101.